The monoisotopic (exact) mass is 265 g/mol. The quantitative estimate of drug-likeness (QED) is 0.820. The summed E-state index contributed by atoms with van der Waals surface area (Å²) in [4.78, 5) is 11.9. The molecule has 0 saturated heterocycles. The fraction of sp³-hybridized carbons (Fsp3) is 0.562. The smallest absolute Gasteiger partial charge is 0.157 e. The third-order valence-electron chi connectivity index (χ3n) is 3.35. The normalized spacial score (nSPS) is 21.7. The molecule has 108 valence electrons. The number of benzene rings is 1. The molecule has 1 fully saturated rings. The van der Waals surface area contributed by atoms with Crippen LogP contribution in [0.4, 0.5) is 0 Å². The van der Waals surface area contributed by atoms with Gasteiger partial charge in [-0.25, -0.2) is 0 Å². The van der Waals surface area contributed by atoms with Gasteiger partial charge < -0.3 is 10.8 Å². The zero-order valence-electron chi connectivity index (χ0n) is 12.6. The van der Waals surface area contributed by atoms with Gasteiger partial charge in [-0.3, -0.25) is 4.79 Å². The van der Waals surface area contributed by atoms with Crippen LogP contribution >= 0.6 is 0 Å². The molecule has 1 aromatic rings. The molecule has 3 N–H and O–H groups in total. The summed E-state index contributed by atoms with van der Waals surface area (Å²) in [6.07, 6.45) is 3.46. The third-order valence-corrected chi connectivity index (χ3v) is 3.35. The number of rotatable bonds is 1. The number of carbonyl (C=O) groups is 1. The number of aryl methyl sites for hydroxylation is 1. The second kappa shape index (κ2) is 8.83. The zero-order valence-corrected chi connectivity index (χ0v) is 12.6. The number of aliphatic hydroxyl groups is 1. The Balaban J connectivity index is 0.000000741. The van der Waals surface area contributed by atoms with Gasteiger partial charge in [0.15, 0.2) is 5.78 Å². The lowest BCUT2D eigenvalue weighted by Gasteiger charge is -2.33. The molecule has 1 aliphatic carbocycles. The third kappa shape index (κ3) is 4.15. The maximum Gasteiger partial charge on any atom is 0.157 e. The first-order valence-corrected chi connectivity index (χ1v) is 6.97. The highest BCUT2D eigenvalue weighted by Gasteiger charge is 2.38. The van der Waals surface area contributed by atoms with Gasteiger partial charge >= 0.3 is 0 Å². The van der Waals surface area contributed by atoms with E-state index in [1.807, 2.05) is 45.0 Å². The van der Waals surface area contributed by atoms with Crippen LogP contribution in [0.3, 0.4) is 0 Å². The van der Waals surface area contributed by atoms with Gasteiger partial charge in [0.05, 0.1) is 0 Å². The number of aliphatic hydroxyl groups excluding tert-OH is 1. The number of carbonyl (C=O) groups excluding carboxylic acids is 1. The van der Waals surface area contributed by atoms with Crippen molar-refractivity contribution in [2.45, 2.75) is 52.0 Å². The average molecular weight is 265 g/mol. The predicted octanol–water partition coefficient (Wildman–Crippen LogP) is 2.93. The van der Waals surface area contributed by atoms with Crippen LogP contribution in [0.15, 0.2) is 24.3 Å². The molecule has 0 radical (unpaired) electrons. The van der Waals surface area contributed by atoms with Gasteiger partial charge in [-0.05, 0) is 30.9 Å². The Morgan fingerprint density at radius 3 is 2.26 bits per heavy atom. The maximum absolute atomic E-state index is 11.9. The van der Waals surface area contributed by atoms with E-state index in [4.69, 9.17) is 10.8 Å². The van der Waals surface area contributed by atoms with Crippen molar-refractivity contribution in [2.24, 2.45) is 5.73 Å². The van der Waals surface area contributed by atoms with Crippen LogP contribution < -0.4 is 5.73 Å². The molecule has 0 aromatic heterocycles. The Bertz CT molecular complexity index is 390. The Kier molecular flexibility index (Phi) is 8.28. The lowest BCUT2D eigenvalue weighted by Crippen LogP contribution is -2.47. The zero-order chi connectivity index (χ0) is 14.9. The van der Waals surface area contributed by atoms with Crippen LogP contribution in [-0.2, 0) is 10.3 Å². The Labute approximate surface area is 116 Å². The molecular formula is C16H27NO2. The summed E-state index contributed by atoms with van der Waals surface area (Å²) < 4.78 is 0. The van der Waals surface area contributed by atoms with Gasteiger partial charge in [0.1, 0.15) is 5.54 Å². The van der Waals surface area contributed by atoms with Gasteiger partial charge in [-0.1, -0.05) is 44.5 Å². The van der Waals surface area contributed by atoms with E-state index in [1.54, 1.807) is 0 Å². The van der Waals surface area contributed by atoms with E-state index in [9.17, 15) is 4.79 Å². The predicted molar refractivity (Wildman–Crippen MR) is 80.0 cm³/mol. The molecule has 19 heavy (non-hydrogen) atoms. The highest BCUT2D eigenvalue weighted by molar-refractivity contribution is 5.90. The fourth-order valence-electron chi connectivity index (χ4n) is 2.41. The lowest BCUT2D eigenvalue weighted by molar-refractivity contribution is -0.126. The van der Waals surface area contributed by atoms with Crippen LogP contribution in [0.5, 0.6) is 0 Å². The molecule has 0 bridgehead atoms. The topological polar surface area (TPSA) is 63.3 Å². The van der Waals surface area contributed by atoms with E-state index in [1.165, 1.54) is 0 Å². The lowest BCUT2D eigenvalue weighted by atomic mass is 9.75. The standard InChI is InChI=1S/C13H17NO.C2H6.CH4O/c1-10-6-2-3-7-11(10)13(14)9-5-4-8-12(13)15;2*1-2/h2-3,6-7H,4-5,8-9,14H2,1H3;1-2H3;2H,1H3/t13-;;/m0../s1. The van der Waals surface area contributed by atoms with Crippen LogP contribution in [-0.4, -0.2) is 18.0 Å². The van der Waals surface area contributed by atoms with Crippen molar-refractivity contribution in [3.63, 3.8) is 0 Å². The largest absolute Gasteiger partial charge is 0.400 e. The molecule has 1 atom stereocenters. The molecule has 1 aliphatic rings. The maximum atomic E-state index is 11.9. The van der Waals surface area contributed by atoms with E-state index in [2.05, 4.69) is 0 Å². The average Bonchev–Trinajstić information content (AvgIpc) is 2.47. The Morgan fingerprint density at radius 2 is 1.74 bits per heavy atom. The van der Waals surface area contributed by atoms with E-state index in [-0.39, 0.29) is 5.78 Å². The van der Waals surface area contributed by atoms with E-state index in [0.29, 0.717) is 6.42 Å². The summed E-state index contributed by atoms with van der Waals surface area (Å²) in [7, 11) is 1.00. The number of nitrogens with two attached hydrogens (primary N) is 1. The van der Waals surface area contributed by atoms with Crippen molar-refractivity contribution < 1.29 is 9.90 Å². The number of hydrogen-bond acceptors (Lipinski definition) is 3. The first-order chi connectivity index (χ1) is 9.14. The first-order valence-electron chi connectivity index (χ1n) is 6.97. The highest BCUT2D eigenvalue weighted by Crippen LogP contribution is 2.33. The minimum atomic E-state index is -0.719. The van der Waals surface area contributed by atoms with Crippen molar-refractivity contribution in [2.75, 3.05) is 7.11 Å². The molecule has 0 amide bonds. The van der Waals surface area contributed by atoms with Gasteiger partial charge in [0, 0.05) is 13.5 Å². The summed E-state index contributed by atoms with van der Waals surface area (Å²) in [5.41, 5.74) is 7.69. The molecule has 1 aromatic carbocycles. The summed E-state index contributed by atoms with van der Waals surface area (Å²) >= 11 is 0. The van der Waals surface area contributed by atoms with Gasteiger partial charge in [0.2, 0.25) is 0 Å². The van der Waals surface area contributed by atoms with Gasteiger partial charge in [0.25, 0.3) is 0 Å². The Morgan fingerprint density at radius 1 is 1.16 bits per heavy atom. The van der Waals surface area contributed by atoms with Crippen molar-refractivity contribution in [1.82, 2.24) is 0 Å². The van der Waals surface area contributed by atoms with Crippen molar-refractivity contribution >= 4 is 5.78 Å². The van der Waals surface area contributed by atoms with Crippen LogP contribution in [0.2, 0.25) is 0 Å². The fourth-order valence-corrected chi connectivity index (χ4v) is 2.41. The second-order valence-electron chi connectivity index (χ2n) is 4.42. The van der Waals surface area contributed by atoms with Crippen LogP contribution in [0.25, 0.3) is 0 Å². The van der Waals surface area contributed by atoms with Crippen molar-refractivity contribution in [3.8, 4) is 0 Å². The molecule has 1 saturated carbocycles. The molecule has 3 heteroatoms. The molecule has 3 nitrogen and oxygen atoms in total. The van der Waals surface area contributed by atoms with E-state index >= 15 is 0 Å². The SMILES string of the molecule is CC.CO.Cc1ccccc1[C@@]1(N)CCCCC1=O. The van der Waals surface area contributed by atoms with Crippen molar-refractivity contribution in [3.05, 3.63) is 35.4 Å². The summed E-state index contributed by atoms with van der Waals surface area (Å²) in [5, 5.41) is 7.00. The molecule has 2 rings (SSSR count). The highest BCUT2D eigenvalue weighted by atomic mass is 16.2. The van der Waals surface area contributed by atoms with Crippen LogP contribution in [0.1, 0.15) is 50.7 Å². The molecular weight excluding hydrogens is 238 g/mol. The molecule has 0 spiro atoms. The molecule has 0 aliphatic heterocycles. The minimum Gasteiger partial charge on any atom is -0.400 e. The number of ketones is 1. The van der Waals surface area contributed by atoms with E-state index in [0.717, 1.165) is 37.5 Å². The van der Waals surface area contributed by atoms with E-state index < -0.39 is 5.54 Å². The summed E-state index contributed by atoms with van der Waals surface area (Å²) in [6, 6.07) is 7.94. The van der Waals surface area contributed by atoms with Gasteiger partial charge in [-0.15, -0.1) is 0 Å². The van der Waals surface area contributed by atoms with Gasteiger partial charge in [-0.2, -0.15) is 0 Å². The summed E-state index contributed by atoms with van der Waals surface area (Å²) in [6.45, 7) is 6.02. The molecule has 0 heterocycles. The number of Topliss-reactive ketones (excluding diaryl/α,β-unsaturated/α-hetero) is 1. The summed E-state index contributed by atoms with van der Waals surface area (Å²) in [5.74, 6) is 0.197. The minimum absolute atomic E-state index is 0.197. The second-order valence-corrected chi connectivity index (χ2v) is 4.42. The van der Waals surface area contributed by atoms with Crippen LogP contribution in [0, 0.1) is 6.92 Å². The Hall–Kier alpha value is -1.19. The number of hydrogen-bond donors (Lipinski definition) is 2. The first kappa shape index (κ1) is 17.8. The van der Waals surface area contributed by atoms with Crippen molar-refractivity contribution in [1.29, 1.82) is 0 Å². The molecule has 0 unspecified atom stereocenters.